The number of hydrogen-bond donors (Lipinski definition) is 4. The number of hydrogen-bond acceptors (Lipinski definition) is 8. The topological polar surface area (TPSA) is 139 Å². The monoisotopic (exact) mass is 432 g/mol. The van der Waals surface area contributed by atoms with E-state index < -0.39 is 15.7 Å². The van der Waals surface area contributed by atoms with Crippen molar-refractivity contribution in [3.63, 3.8) is 0 Å². The smallest absolute Gasteiger partial charge is 0.271 e. The van der Waals surface area contributed by atoms with Gasteiger partial charge >= 0.3 is 0 Å². The molecule has 0 spiro atoms. The lowest BCUT2D eigenvalue weighted by atomic mass is 9.98. The molecule has 0 unspecified atom stereocenters. The Bertz CT molecular complexity index is 1020. The fourth-order valence-electron chi connectivity index (χ4n) is 3.39. The molecular formula is C20H28N6O3S. The molecule has 0 bridgehead atoms. The van der Waals surface area contributed by atoms with Crippen molar-refractivity contribution < 1.29 is 13.2 Å². The van der Waals surface area contributed by atoms with E-state index in [0.29, 0.717) is 29.5 Å². The number of aromatic nitrogens is 2. The van der Waals surface area contributed by atoms with Crippen molar-refractivity contribution in [1.29, 1.82) is 0 Å². The third-order valence-electron chi connectivity index (χ3n) is 5.08. The molecule has 0 atom stereocenters. The molecule has 30 heavy (non-hydrogen) atoms. The van der Waals surface area contributed by atoms with Gasteiger partial charge in [0.05, 0.1) is 10.6 Å². The first kappa shape index (κ1) is 22.0. The summed E-state index contributed by atoms with van der Waals surface area (Å²) in [4.78, 5) is 21.2. The first-order valence-electron chi connectivity index (χ1n) is 10.0. The third-order valence-corrected chi connectivity index (χ3v) is 6.19. The van der Waals surface area contributed by atoms with Gasteiger partial charge in [0.1, 0.15) is 5.82 Å². The van der Waals surface area contributed by atoms with Crippen molar-refractivity contribution in [3.05, 3.63) is 35.7 Å². The highest BCUT2D eigenvalue weighted by Crippen LogP contribution is 2.24. The van der Waals surface area contributed by atoms with E-state index in [1.165, 1.54) is 12.1 Å². The van der Waals surface area contributed by atoms with E-state index in [1.807, 2.05) is 6.92 Å². The van der Waals surface area contributed by atoms with Crippen molar-refractivity contribution in [2.24, 2.45) is 11.7 Å². The van der Waals surface area contributed by atoms with Crippen LogP contribution >= 0.6 is 0 Å². The number of nitrogens with zero attached hydrogens (tertiary/aromatic N) is 2. The fraction of sp³-hybridized carbons (Fsp3) is 0.450. The largest absolute Gasteiger partial charge is 0.368 e. The minimum atomic E-state index is -3.37. The van der Waals surface area contributed by atoms with Gasteiger partial charge in [-0.05, 0) is 56.5 Å². The molecule has 1 saturated heterocycles. The Balaban J connectivity index is 1.91. The highest BCUT2D eigenvalue weighted by molar-refractivity contribution is 7.90. The summed E-state index contributed by atoms with van der Waals surface area (Å²) in [5.41, 5.74) is 6.68. The van der Waals surface area contributed by atoms with Gasteiger partial charge in [-0.25, -0.2) is 18.4 Å². The molecule has 3 rings (SSSR count). The molecule has 10 heteroatoms. The number of anilines is 3. The molecule has 5 N–H and O–H groups in total. The van der Waals surface area contributed by atoms with Crippen LogP contribution in [0, 0.1) is 5.92 Å². The Morgan fingerprint density at radius 2 is 1.97 bits per heavy atom. The average Bonchev–Trinajstić information content (AvgIpc) is 2.72. The number of primary amides is 1. The van der Waals surface area contributed by atoms with Crippen LogP contribution in [0.2, 0.25) is 0 Å². The number of piperidine rings is 1. The van der Waals surface area contributed by atoms with Crippen molar-refractivity contribution in [2.75, 3.05) is 36.5 Å². The molecule has 1 aliphatic heterocycles. The van der Waals surface area contributed by atoms with Crippen LogP contribution in [0.15, 0.2) is 29.2 Å². The molecule has 2 aromatic rings. The highest BCUT2D eigenvalue weighted by Gasteiger charge is 2.19. The zero-order valence-electron chi connectivity index (χ0n) is 17.2. The predicted molar refractivity (Wildman–Crippen MR) is 117 cm³/mol. The summed E-state index contributed by atoms with van der Waals surface area (Å²) in [5.74, 6) is 0.626. The van der Waals surface area contributed by atoms with Crippen LogP contribution in [0.25, 0.3) is 0 Å². The van der Waals surface area contributed by atoms with Gasteiger partial charge in [0.2, 0.25) is 0 Å². The second-order valence-corrected chi connectivity index (χ2v) is 9.45. The fourth-order valence-corrected chi connectivity index (χ4v) is 4.05. The molecule has 0 saturated carbocycles. The standard InChI is InChI=1S/C20H28N6O3S/c1-3-16-19(23-12-13-7-9-22-10-8-13)26-20(17(25-16)18(21)27)24-14-5-4-6-15(11-14)30(2,28)29/h4-6,11,13,22H,3,7-10,12H2,1-2H3,(H2,21,27)(H2,23,24,26). The summed E-state index contributed by atoms with van der Waals surface area (Å²) < 4.78 is 23.7. The number of aryl methyl sites for hydroxylation is 1. The number of rotatable bonds is 8. The lowest BCUT2D eigenvalue weighted by Crippen LogP contribution is -2.31. The number of sulfone groups is 1. The Labute approximate surface area is 176 Å². The molecule has 1 aromatic heterocycles. The predicted octanol–water partition coefficient (Wildman–Crippen LogP) is 1.70. The van der Waals surface area contributed by atoms with Gasteiger partial charge in [-0.1, -0.05) is 13.0 Å². The minimum absolute atomic E-state index is 0.0176. The van der Waals surface area contributed by atoms with Crippen molar-refractivity contribution in [1.82, 2.24) is 15.3 Å². The van der Waals surface area contributed by atoms with Crippen LogP contribution in [0.1, 0.15) is 35.9 Å². The van der Waals surface area contributed by atoms with Crippen LogP contribution in [0.4, 0.5) is 17.3 Å². The van der Waals surface area contributed by atoms with Gasteiger partial charge in [-0.15, -0.1) is 0 Å². The molecule has 0 aliphatic carbocycles. The summed E-state index contributed by atoms with van der Waals surface area (Å²) in [6.45, 7) is 4.71. The Kier molecular flexibility index (Phi) is 6.88. The normalized spacial score (nSPS) is 15.0. The quantitative estimate of drug-likeness (QED) is 0.494. The number of nitrogens with two attached hydrogens (primary N) is 1. The molecule has 1 amide bonds. The molecular weight excluding hydrogens is 404 g/mol. The Hall–Kier alpha value is -2.72. The molecule has 1 aromatic carbocycles. The first-order chi connectivity index (χ1) is 14.3. The SMILES string of the molecule is CCc1nc(C(N)=O)c(Nc2cccc(S(C)(=O)=O)c2)nc1NCC1CCNCC1. The second-order valence-electron chi connectivity index (χ2n) is 7.43. The third kappa shape index (κ3) is 5.45. The lowest BCUT2D eigenvalue weighted by Gasteiger charge is -2.23. The minimum Gasteiger partial charge on any atom is -0.368 e. The van der Waals surface area contributed by atoms with Gasteiger partial charge in [0, 0.05) is 18.5 Å². The maximum Gasteiger partial charge on any atom is 0.271 e. The number of carbonyl (C=O) groups is 1. The maximum absolute atomic E-state index is 12.0. The van der Waals surface area contributed by atoms with Crippen LogP contribution in [-0.4, -0.2) is 50.2 Å². The average molecular weight is 433 g/mol. The van der Waals surface area contributed by atoms with Crippen molar-refractivity contribution >= 4 is 33.1 Å². The first-order valence-corrected chi connectivity index (χ1v) is 11.9. The van der Waals surface area contributed by atoms with Gasteiger partial charge in [-0.3, -0.25) is 4.79 Å². The van der Waals surface area contributed by atoms with Gasteiger partial charge < -0.3 is 21.7 Å². The van der Waals surface area contributed by atoms with Crippen LogP contribution in [0.5, 0.6) is 0 Å². The van der Waals surface area contributed by atoms with Gasteiger partial charge in [0.25, 0.3) is 5.91 Å². The van der Waals surface area contributed by atoms with Crippen molar-refractivity contribution in [3.8, 4) is 0 Å². The number of benzene rings is 1. The zero-order valence-corrected chi connectivity index (χ0v) is 18.1. The maximum atomic E-state index is 12.0. The molecule has 2 heterocycles. The molecule has 9 nitrogen and oxygen atoms in total. The Morgan fingerprint density at radius 1 is 1.23 bits per heavy atom. The molecule has 1 aliphatic rings. The summed E-state index contributed by atoms with van der Waals surface area (Å²) in [5, 5.41) is 9.73. The van der Waals surface area contributed by atoms with Crippen molar-refractivity contribution in [2.45, 2.75) is 31.1 Å². The van der Waals surface area contributed by atoms with E-state index in [2.05, 4.69) is 25.9 Å². The summed E-state index contributed by atoms with van der Waals surface area (Å²) >= 11 is 0. The van der Waals surface area contributed by atoms with E-state index in [0.717, 1.165) is 38.7 Å². The van der Waals surface area contributed by atoms with E-state index in [9.17, 15) is 13.2 Å². The van der Waals surface area contributed by atoms with E-state index in [1.54, 1.807) is 12.1 Å². The molecule has 162 valence electrons. The number of carbonyl (C=O) groups excluding carboxylic acids is 1. The van der Waals surface area contributed by atoms with Crippen LogP contribution in [-0.2, 0) is 16.3 Å². The summed E-state index contributed by atoms with van der Waals surface area (Å²) in [6.07, 6.45) is 3.90. The van der Waals surface area contributed by atoms with Gasteiger partial charge in [0.15, 0.2) is 21.3 Å². The van der Waals surface area contributed by atoms with Gasteiger partial charge in [-0.2, -0.15) is 0 Å². The molecule has 1 fully saturated rings. The van der Waals surface area contributed by atoms with E-state index >= 15 is 0 Å². The van der Waals surface area contributed by atoms with E-state index in [4.69, 9.17) is 5.73 Å². The molecule has 0 radical (unpaired) electrons. The summed E-state index contributed by atoms with van der Waals surface area (Å²) in [6, 6.07) is 6.30. The lowest BCUT2D eigenvalue weighted by molar-refractivity contribution is 0.0996. The summed E-state index contributed by atoms with van der Waals surface area (Å²) in [7, 11) is -3.37. The number of amides is 1. The van der Waals surface area contributed by atoms with Crippen LogP contribution < -0.4 is 21.7 Å². The zero-order chi connectivity index (χ0) is 21.7. The highest BCUT2D eigenvalue weighted by atomic mass is 32.2. The number of nitrogens with one attached hydrogen (secondary N) is 3. The van der Waals surface area contributed by atoms with Crippen LogP contribution in [0.3, 0.4) is 0 Å². The second kappa shape index (κ2) is 9.40. The van der Waals surface area contributed by atoms with E-state index in [-0.39, 0.29) is 16.4 Å². The Morgan fingerprint density at radius 3 is 2.60 bits per heavy atom.